The van der Waals surface area contributed by atoms with Crippen molar-refractivity contribution in [2.24, 2.45) is 16.8 Å². The van der Waals surface area contributed by atoms with E-state index in [-0.39, 0.29) is 6.09 Å². The summed E-state index contributed by atoms with van der Waals surface area (Å²) >= 11 is 3.66. The zero-order valence-corrected chi connectivity index (χ0v) is 35.9. The van der Waals surface area contributed by atoms with Gasteiger partial charge in [0, 0.05) is 49.3 Å². The highest BCUT2D eigenvalue weighted by molar-refractivity contribution is 7.19. The lowest BCUT2D eigenvalue weighted by Crippen LogP contribution is -2.39. The molecule has 0 saturated carbocycles. The molecule has 1 amide bonds. The average molecular weight is 783 g/mol. The van der Waals surface area contributed by atoms with Crippen molar-refractivity contribution in [2.75, 3.05) is 52.4 Å². The number of thiazole rings is 2. The first kappa shape index (κ1) is 40.0. The number of aliphatic imine (C=N–C) groups is 1. The summed E-state index contributed by atoms with van der Waals surface area (Å²) in [7, 11) is 0. The first-order chi connectivity index (χ1) is 26.4. The zero-order chi connectivity index (χ0) is 38.7. The van der Waals surface area contributed by atoms with Gasteiger partial charge in [0.1, 0.15) is 5.60 Å². The Morgan fingerprint density at radius 2 is 1.36 bits per heavy atom. The molecular formula is C45H62N6O2S2. The highest BCUT2D eigenvalue weighted by atomic mass is 32.1. The number of allylic oxidation sites excluding steroid dienone is 1. The zero-order valence-electron chi connectivity index (χ0n) is 34.3. The molecule has 2 aromatic carbocycles. The smallest absolute Gasteiger partial charge is 0.414 e. The number of benzene rings is 2. The molecule has 55 heavy (non-hydrogen) atoms. The van der Waals surface area contributed by atoms with E-state index in [9.17, 15) is 4.79 Å². The minimum absolute atomic E-state index is 0.274. The predicted octanol–water partition coefficient (Wildman–Crippen LogP) is 10.8. The molecule has 10 heteroatoms. The molecule has 2 unspecified atom stereocenters. The molecule has 0 N–H and O–H groups in total. The molecule has 4 aliphatic rings. The molecule has 2 saturated heterocycles. The van der Waals surface area contributed by atoms with E-state index in [1.807, 2.05) is 32.1 Å². The standard InChI is InChI=1S/C25H35N3O2S.C20H27N3S/c1-17-8-10-21(28(15-17)24(29)30-25(3,4)5)19-9-11-22-20(14-19)26-23(31-22)18(2)16-27-12-6-7-13-27;1-14-5-7-17(21-12-14)16-6-8-19-18(11-16)22-20(24-19)15(2)13-23-9-3-4-10-23/h9-11,14,17-18H,6-8,12-13,15-16H2,1-5H3;6,8,11,14-15H,3-5,7,9-10,12-13H2,1-2H3/t17-,18?;14-,15?/m00/s1. The number of aromatic nitrogens is 2. The van der Waals surface area contributed by atoms with Crippen LogP contribution in [0.15, 0.2) is 47.5 Å². The quantitative estimate of drug-likeness (QED) is 0.177. The third kappa shape index (κ3) is 10.2. The Morgan fingerprint density at radius 1 is 0.818 bits per heavy atom. The molecule has 8 nitrogen and oxygen atoms in total. The van der Waals surface area contributed by atoms with Crippen molar-refractivity contribution >= 4 is 60.6 Å². The van der Waals surface area contributed by atoms with E-state index in [4.69, 9.17) is 19.7 Å². The first-order valence-corrected chi connectivity index (χ1v) is 22.5. The number of carbonyl (C=O) groups excluding carboxylic acids is 1. The molecule has 0 spiro atoms. The van der Waals surface area contributed by atoms with Crippen molar-refractivity contribution in [3.05, 3.63) is 63.6 Å². The number of hydrogen-bond acceptors (Lipinski definition) is 9. The van der Waals surface area contributed by atoms with Gasteiger partial charge < -0.3 is 14.5 Å². The second-order valence-electron chi connectivity index (χ2n) is 17.7. The van der Waals surface area contributed by atoms with Gasteiger partial charge in [-0.25, -0.2) is 14.8 Å². The van der Waals surface area contributed by atoms with E-state index in [2.05, 4.69) is 80.0 Å². The Hall–Kier alpha value is -3.18. The SMILES string of the molecule is CC(CN1CCCC1)c1nc2cc(C3=CC[C@H](C)CN3C(=O)OC(C)(C)C)ccc2s1.CC(CN1CCCC1)c1nc2cc(C3=NC[C@@H](C)CC3)ccc2s1. The van der Waals surface area contributed by atoms with Gasteiger partial charge in [0.2, 0.25) is 0 Å². The number of nitrogens with zero attached hydrogens (tertiary/aromatic N) is 6. The summed E-state index contributed by atoms with van der Waals surface area (Å²) in [5.41, 5.74) is 6.19. The Bertz CT molecular complexity index is 2000. The lowest BCUT2D eigenvalue weighted by Gasteiger charge is -2.33. The Balaban J connectivity index is 0.000000174. The fraction of sp³-hybridized carbons (Fsp3) is 0.600. The van der Waals surface area contributed by atoms with Crippen LogP contribution in [0, 0.1) is 11.8 Å². The van der Waals surface area contributed by atoms with Crippen molar-refractivity contribution in [3.63, 3.8) is 0 Å². The van der Waals surface area contributed by atoms with Crippen molar-refractivity contribution in [2.45, 2.75) is 111 Å². The number of carbonyl (C=O) groups is 1. The van der Waals surface area contributed by atoms with Gasteiger partial charge in [0.05, 0.1) is 36.1 Å². The maximum Gasteiger partial charge on any atom is 0.414 e. The highest BCUT2D eigenvalue weighted by Crippen LogP contribution is 2.35. The van der Waals surface area contributed by atoms with Crippen LogP contribution in [0.2, 0.25) is 0 Å². The van der Waals surface area contributed by atoms with Crippen LogP contribution in [0.4, 0.5) is 4.79 Å². The topological polar surface area (TPSA) is 74.2 Å². The first-order valence-electron chi connectivity index (χ1n) is 20.9. The minimum Gasteiger partial charge on any atom is -0.443 e. The van der Waals surface area contributed by atoms with Crippen LogP contribution >= 0.6 is 22.7 Å². The van der Waals surface area contributed by atoms with Crippen molar-refractivity contribution in [1.82, 2.24) is 24.7 Å². The van der Waals surface area contributed by atoms with Gasteiger partial charge in [-0.2, -0.15) is 0 Å². The van der Waals surface area contributed by atoms with Crippen molar-refractivity contribution < 1.29 is 9.53 Å². The molecule has 2 aromatic heterocycles. The molecule has 0 radical (unpaired) electrons. The van der Waals surface area contributed by atoms with E-state index < -0.39 is 5.60 Å². The lowest BCUT2D eigenvalue weighted by molar-refractivity contribution is 0.0327. The minimum atomic E-state index is -0.512. The van der Waals surface area contributed by atoms with Gasteiger partial charge in [-0.15, -0.1) is 22.7 Å². The largest absolute Gasteiger partial charge is 0.443 e. The fourth-order valence-electron chi connectivity index (χ4n) is 8.24. The van der Waals surface area contributed by atoms with Crippen LogP contribution in [0.1, 0.15) is 126 Å². The number of likely N-dealkylation sites (tertiary alicyclic amines) is 2. The van der Waals surface area contributed by atoms with Crippen LogP contribution in [0.5, 0.6) is 0 Å². The summed E-state index contributed by atoms with van der Waals surface area (Å²) in [5.74, 6) is 2.11. The van der Waals surface area contributed by atoms with Crippen LogP contribution < -0.4 is 0 Å². The second kappa shape index (κ2) is 17.5. The number of hydrogen-bond donors (Lipinski definition) is 0. The molecule has 8 rings (SSSR count). The van der Waals surface area contributed by atoms with E-state index in [1.54, 1.807) is 16.2 Å². The Labute approximate surface area is 337 Å². The fourth-order valence-corrected chi connectivity index (χ4v) is 10.2. The summed E-state index contributed by atoms with van der Waals surface area (Å²) in [5, 5.41) is 2.49. The average Bonchev–Trinajstić information content (AvgIpc) is 3.99. The summed E-state index contributed by atoms with van der Waals surface area (Å²) in [6.07, 6.45) is 10.6. The van der Waals surface area contributed by atoms with Gasteiger partial charge in [-0.3, -0.25) is 9.89 Å². The van der Waals surface area contributed by atoms with Crippen LogP contribution in [-0.2, 0) is 4.74 Å². The number of rotatable bonds is 8. The van der Waals surface area contributed by atoms with Gasteiger partial charge >= 0.3 is 6.09 Å². The molecular weight excluding hydrogens is 721 g/mol. The maximum absolute atomic E-state index is 12.9. The molecule has 0 aliphatic carbocycles. The third-order valence-corrected chi connectivity index (χ3v) is 13.9. The van der Waals surface area contributed by atoms with Crippen LogP contribution in [0.3, 0.4) is 0 Å². The Kier molecular flexibility index (Phi) is 12.8. The van der Waals surface area contributed by atoms with Gasteiger partial charge in [-0.1, -0.05) is 45.9 Å². The van der Waals surface area contributed by atoms with Gasteiger partial charge in [0.15, 0.2) is 0 Å². The summed E-state index contributed by atoms with van der Waals surface area (Å²) in [6.45, 7) is 23.6. The van der Waals surface area contributed by atoms with E-state index in [0.717, 1.165) is 60.7 Å². The molecule has 6 heterocycles. The van der Waals surface area contributed by atoms with Crippen LogP contribution in [-0.4, -0.2) is 94.4 Å². The second-order valence-corrected chi connectivity index (χ2v) is 19.9. The highest BCUT2D eigenvalue weighted by Gasteiger charge is 2.30. The van der Waals surface area contributed by atoms with E-state index >= 15 is 0 Å². The van der Waals surface area contributed by atoms with Gasteiger partial charge in [-0.05, 0) is 134 Å². The lowest BCUT2D eigenvalue weighted by atomic mass is 9.96. The van der Waals surface area contributed by atoms with E-state index in [0.29, 0.717) is 24.3 Å². The van der Waals surface area contributed by atoms with Gasteiger partial charge in [0.25, 0.3) is 0 Å². The summed E-state index contributed by atoms with van der Waals surface area (Å²) < 4.78 is 8.21. The molecule has 4 atom stereocenters. The number of amides is 1. The predicted molar refractivity (Wildman–Crippen MR) is 232 cm³/mol. The molecule has 2 fully saturated rings. The molecule has 296 valence electrons. The molecule has 0 bridgehead atoms. The molecule has 4 aliphatic heterocycles. The summed E-state index contributed by atoms with van der Waals surface area (Å²) in [6, 6.07) is 13.2. The number of fused-ring (bicyclic) bond motifs is 2. The summed E-state index contributed by atoms with van der Waals surface area (Å²) in [4.78, 5) is 34.6. The van der Waals surface area contributed by atoms with Crippen molar-refractivity contribution in [3.8, 4) is 0 Å². The van der Waals surface area contributed by atoms with Crippen LogP contribution in [0.25, 0.3) is 26.1 Å². The normalized spacial score (nSPS) is 22.3. The van der Waals surface area contributed by atoms with E-state index in [1.165, 1.54) is 89.0 Å². The maximum atomic E-state index is 12.9. The number of ether oxygens (including phenoxy) is 1. The molecule has 4 aromatic rings. The third-order valence-electron chi connectivity index (χ3n) is 11.3. The van der Waals surface area contributed by atoms with Crippen molar-refractivity contribution in [1.29, 1.82) is 0 Å². The monoisotopic (exact) mass is 782 g/mol. The Morgan fingerprint density at radius 3 is 1.89 bits per heavy atom.